The van der Waals surface area contributed by atoms with E-state index in [2.05, 4.69) is 46.4 Å². The lowest BCUT2D eigenvalue weighted by molar-refractivity contribution is 0.260. The summed E-state index contributed by atoms with van der Waals surface area (Å²) in [5.41, 5.74) is 2.41. The van der Waals surface area contributed by atoms with E-state index in [1.54, 1.807) is 0 Å². The minimum Gasteiger partial charge on any atom is -0.311 e. The van der Waals surface area contributed by atoms with Gasteiger partial charge < -0.3 is 5.32 Å². The van der Waals surface area contributed by atoms with Crippen molar-refractivity contribution in [3.8, 4) is 0 Å². The Balaban J connectivity index is 1.57. The number of hydrogen-bond acceptors (Lipinski definition) is 3. The minimum atomic E-state index is 0.724. The number of nitrogens with one attached hydrogen (secondary N) is 1. The molecule has 1 aromatic carbocycles. The van der Waals surface area contributed by atoms with Crippen LogP contribution in [0.5, 0.6) is 0 Å². The third kappa shape index (κ3) is 3.00. The highest BCUT2D eigenvalue weighted by Gasteiger charge is 2.21. The van der Waals surface area contributed by atoms with E-state index in [0.29, 0.717) is 0 Å². The van der Waals surface area contributed by atoms with E-state index in [4.69, 9.17) is 0 Å². The second-order valence-electron chi connectivity index (χ2n) is 5.59. The van der Waals surface area contributed by atoms with Gasteiger partial charge in [0.05, 0.1) is 5.52 Å². The molecular weight excluding hydrogens is 246 g/mol. The van der Waals surface area contributed by atoms with Gasteiger partial charge in [-0.1, -0.05) is 19.1 Å². The highest BCUT2D eigenvalue weighted by molar-refractivity contribution is 5.78. The molecule has 0 spiro atoms. The van der Waals surface area contributed by atoms with Crippen molar-refractivity contribution in [3.63, 3.8) is 0 Å². The van der Waals surface area contributed by atoms with E-state index in [-0.39, 0.29) is 0 Å². The summed E-state index contributed by atoms with van der Waals surface area (Å²) >= 11 is 0. The molecule has 0 amide bonds. The maximum Gasteiger partial charge on any atom is 0.0702 e. The van der Waals surface area contributed by atoms with Crippen LogP contribution in [0.4, 0.5) is 0 Å². The van der Waals surface area contributed by atoms with Crippen molar-refractivity contribution < 1.29 is 0 Å². The summed E-state index contributed by atoms with van der Waals surface area (Å²) in [6.07, 6.45) is 4.53. The van der Waals surface area contributed by atoms with Gasteiger partial charge in [-0.25, -0.2) is 0 Å². The second-order valence-corrected chi connectivity index (χ2v) is 5.59. The molecule has 0 aliphatic carbocycles. The van der Waals surface area contributed by atoms with Crippen LogP contribution in [0.25, 0.3) is 10.9 Å². The third-order valence-corrected chi connectivity index (χ3v) is 4.28. The zero-order valence-electron chi connectivity index (χ0n) is 12.2. The molecule has 1 saturated heterocycles. The molecule has 0 radical (unpaired) electrons. The smallest absolute Gasteiger partial charge is 0.0702 e. The quantitative estimate of drug-likeness (QED) is 0.904. The number of pyridine rings is 1. The molecule has 3 rings (SSSR count). The van der Waals surface area contributed by atoms with Gasteiger partial charge in [-0.2, -0.15) is 0 Å². The first-order chi connectivity index (χ1) is 9.86. The molecule has 1 atom stereocenters. The molecule has 3 nitrogen and oxygen atoms in total. The van der Waals surface area contributed by atoms with Crippen LogP contribution in [0.15, 0.2) is 36.5 Å². The van der Waals surface area contributed by atoms with E-state index >= 15 is 0 Å². The average Bonchev–Trinajstić information content (AvgIpc) is 2.95. The van der Waals surface area contributed by atoms with Gasteiger partial charge in [-0.3, -0.25) is 9.88 Å². The van der Waals surface area contributed by atoms with Crippen LogP contribution in [0.3, 0.4) is 0 Å². The Morgan fingerprint density at radius 3 is 3.20 bits per heavy atom. The normalized spacial score (nSPS) is 19.8. The van der Waals surface area contributed by atoms with Gasteiger partial charge in [-0.05, 0) is 49.7 Å². The fraction of sp³-hybridized carbons (Fsp3) is 0.471. The average molecular weight is 269 g/mol. The molecule has 1 fully saturated rings. The molecular formula is C17H23N3. The summed E-state index contributed by atoms with van der Waals surface area (Å²) in [6.45, 7) is 6.74. The first-order valence-corrected chi connectivity index (χ1v) is 7.65. The number of benzene rings is 1. The zero-order chi connectivity index (χ0) is 13.8. The minimum absolute atomic E-state index is 0.724. The fourth-order valence-corrected chi connectivity index (χ4v) is 3.16. The van der Waals surface area contributed by atoms with Crippen molar-refractivity contribution in [1.29, 1.82) is 0 Å². The Kier molecular flexibility index (Phi) is 4.28. The molecule has 0 bridgehead atoms. The van der Waals surface area contributed by atoms with Crippen LogP contribution in [0.1, 0.15) is 25.3 Å². The predicted octanol–water partition coefficient (Wildman–Crippen LogP) is 2.81. The molecule has 1 unspecified atom stereocenters. The van der Waals surface area contributed by atoms with Crippen molar-refractivity contribution in [3.05, 3.63) is 42.1 Å². The Morgan fingerprint density at radius 2 is 2.30 bits per heavy atom. The van der Waals surface area contributed by atoms with Crippen molar-refractivity contribution in [2.45, 2.75) is 32.4 Å². The van der Waals surface area contributed by atoms with Crippen molar-refractivity contribution in [2.24, 2.45) is 0 Å². The Hall–Kier alpha value is -1.45. The van der Waals surface area contributed by atoms with Crippen molar-refractivity contribution >= 4 is 10.9 Å². The van der Waals surface area contributed by atoms with Crippen LogP contribution < -0.4 is 5.32 Å². The Bertz CT molecular complexity index is 567. The molecule has 0 saturated carbocycles. The maximum atomic E-state index is 4.36. The summed E-state index contributed by atoms with van der Waals surface area (Å²) in [6, 6.07) is 11.4. The number of likely N-dealkylation sites (N-methyl/N-ethyl adjacent to an activating group) is 1. The maximum absolute atomic E-state index is 4.36. The lowest BCUT2D eigenvalue weighted by Crippen LogP contribution is -2.37. The lowest BCUT2D eigenvalue weighted by atomic mass is 10.1. The number of fused-ring (bicyclic) bond motifs is 1. The first kappa shape index (κ1) is 13.5. The zero-order valence-corrected chi connectivity index (χ0v) is 12.2. The van der Waals surface area contributed by atoms with Gasteiger partial charge in [0, 0.05) is 30.7 Å². The fourth-order valence-electron chi connectivity index (χ4n) is 3.16. The number of hydrogen-bond donors (Lipinski definition) is 1. The molecule has 2 heterocycles. The summed E-state index contributed by atoms with van der Waals surface area (Å²) in [4.78, 5) is 6.94. The lowest BCUT2D eigenvalue weighted by Gasteiger charge is -2.23. The summed E-state index contributed by atoms with van der Waals surface area (Å²) in [7, 11) is 0. The molecule has 106 valence electrons. The number of nitrogens with zero attached hydrogens (tertiary/aromatic N) is 2. The molecule has 3 heteroatoms. The topological polar surface area (TPSA) is 28.2 Å². The Morgan fingerprint density at radius 1 is 1.35 bits per heavy atom. The summed E-state index contributed by atoms with van der Waals surface area (Å²) in [5, 5.41) is 4.84. The highest BCUT2D eigenvalue weighted by Crippen LogP contribution is 2.16. The molecule has 1 aromatic heterocycles. The van der Waals surface area contributed by atoms with Crippen LogP contribution >= 0.6 is 0 Å². The van der Waals surface area contributed by atoms with Gasteiger partial charge >= 0.3 is 0 Å². The SMILES string of the molecule is CCN1CCCC1CNCc1ccc2ncccc2c1. The van der Waals surface area contributed by atoms with Crippen molar-refractivity contribution in [1.82, 2.24) is 15.2 Å². The highest BCUT2D eigenvalue weighted by atomic mass is 15.2. The summed E-state index contributed by atoms with van der Waals surface area (Å²) in [5.74, 6) is 0. The van der Waals surface area contributed by atoms with Gasteiger partial charge in [0.1, 0.15) is 0 Å². The van der Waals surface area contributed by atoms with Crippen LogP contribution in [0.2, 0.25) is 0 Å². The number of likely N-dealkylation sites (tertiary alicyclic amines) is 1. The van der Waals surface area contributed by atoms with Gasteiger partial charge in [0.2, 0.25) is 0 Å². The third-order valence-electron chi connectivity index (χ3n) is 4.28. The summed E-state index contributed by atoms with van der Waals surface area (Å²) < 4.78 is 0. The number of aromatic nitrogens is 1. The second kappa shape index (κ2) is 6.33. The Labute approximate surface area is 121 Å². The first-order valence-electron chi connectivity index (χ1n) is 7.65. The van der Waals surface area contributed by atoms with Crippen LogP contribution in [-0.2, 0) is 6.54 Å². The molecule has 1 N–H and O–H groups in total. The molecule has 20 heavy (non-hydrogen) atoms. The van der Waals surface area contributed by atoms with Crippen LogP contribution in [0, 0.1) is 0 Å². The standard InChI is InChI=1S/C17H23N3/c1-2-20-10-4-6-16(20)13-18-12-14-7-8-17-15(11-14)5-3-9-19-17/h3,5,7-9,11,16,18H,2,4,6,10,12-13H2,1H3. The van der Waals surface area contributed by atoms with E-state index in [0.717, 1.165) is 24.6 Å². The number of rotatable bonds is 5. The van der Waals surface area contributed by atoms with E-state index in [1.807, 2.05) is 12.3 Å². The van der Waals surface area contributed by atoms with E-state index in [9.17, 15) is 0 Å². The molecule has 1 aliphatic heterocycles. The molecule has 1 aliphatic rings. The van der Waals surface area contributed by atoms with Gasteiger partial charge in [0.25, 0.3) is 0 Å². The van der Waals surface area contributed by atoms with Crippen molar-refractivity contribution in [2.75, 3.05) is 19.6 Å². The van der Waals surface area contributed by atoms with Gasteiger partial charge in [-0.15, -0.1) is 0 Å². The monoisotopic (exact) mass is 269 g/mol. The predicted molar refractivity (Wildman–Crippen MR) is 83.7 cm³/mol. The van der Waals surface area contributed by atoms with E-state index < -0.39 is 0 Å². The largest absolute Gasteiger partial charge is 0.311 e. The van der Waals surface area contributed by atoms with E-state index in [1.165, 1.54) is 36.9 Å². The molecule has 2 aromatic rings. The van der Waals surface area contributed by atoms with Gasteiger partial charge in [0.15, 0.2) is 0 Å². The van der Waals surface area contributed by atoms with Crippen LogP contribution in [-0.4, -0.2) is 35.6 Å².